The topological polar surface area (TPSA) is 89.4 Å². The predicted octanol–water partition coefficient (Wildman–Crippen LogP) is 3.51. The number of carbonyl (C=O) groups is 2. The van der Waals surface area contributed by atoms with Crippen LogP contribution in [0.1, 0.15) is 46.3 Å². The molecule has 0 bridgehead atoms. The lowest BCUT2D eigenvalue weighted by molar-refractivity contribution is -0.126. The molecule has 2 aromatic carbocycles. The molecule has 35 heavy (non-hydrogen) atoms. The van der Waals surface area contributed by atoms with Gasteiger partial charge in [0, 0.05) is 30.6 Å². The Morgan fingerprint density at radius 2 is 1.80 bits per heavy atom. The summed E-state index contributed by atoms with van der Waals surface area (Å²) in [6, 6.07) is 13.5. The molecule has 1 saturated heterocycles. The molecule has 1 unspecified atom stereocenters. The van der Waals surface area contributed by atoms with E-state index in [-0.39, 0.29) is 36.3 Å². The number of amides is 2. The Kier molecular flexibility index (Phi) is 6.79. The average Bonchev–Trinajstić information content (AvgIpc) is 3.31. The van der Waals surface area contributed by atoms with Crippen LogP contribution in [0.2, 0.25) is 5.02 Å². The molecule has 3 heterocycles. The highest BCUT2D eigenvalue weighted by Gasteiger charge is 2.33. The van der Waals surface area contributed by atoms with Crippen LogP contribution in [0.25, 0.3) is 0 Å². The molecule has 8 nitrogen and oxygen atoms in total. The summed E-state index contributed by atoms with van der Waals surface area (Å²) in [5, 5.41) is 11.9. The van der Waals surface area contributed by atoms with Crippen LogP contribution in [0.4, 0.5) is 4.39 Å². The van der Waals surface area contributed by atoms with E-state index in [0.717, 1.165) is 11.1 Å². The zero-order valence-corrected chi connectivity index (χ0v) is 19.7. The summed E-state index contributed by atoms with van der Waals surface area (Å²) >= 11 is 5.97. The number of hydrogen-bond donors (Lipinski definition) is 1. The standard InChI is InChI=1S/C25H25ClFN5O3/c26-19-5-3-17(4-6-19)22-14-32-21(15-35-22)23(29-30-32)25(34)31-11-9-18(10-12-31)24(33)28-13-16-1-7-20(27)8-2-16/h1-8,18,22H,9-15H2,(H,28,33). The highest BCUT2D eigenvalue weighted by Crippen LogP contribution is 2.29. The maximum Gasteiger partial charge on any atom is 0.276 e. The molecule has 0 aliphatic carbocycles. The quantitative estimate of drug-likeness (QED) is 0.582. The second-order valence-electron chi connectivity index (χ2n) is 8.83. The summed E-state index contributed by atoms with van der Waals surface area (Å²) in [6.45, 7) is 1.99. The molecule has 1 fully saturated rings. The summed E-state index contributed by atoms with van der Waals surface area (Å²) in [5.74, 6) is -0.717. The van der Waals surface area contributed by atoms with E-state index >= 15 is 0 Å². The van der Waals surface area contributed by atoms with Crippen molar-refractivity contribution in [2.75, 3.05) is 13.1 Å². The fraction of sp³-hybridized carbons (Fsp3) is 0.360. The number of likely N-dealkylation sites (tertiary alicyclic amines) is 1. The van der Waals surface area contributed by atoms with Gasteiger partial charge in [0.2, 0.25) is 5.91 Å². The van der Waals surface area contributed by atoms with Gasteiger partial charge in [-0.15, -0.1) is 5.10 Å². The van der Waals surface area contributed by atoms with Gasteiger partial charge < -0.3 is 15.0 Å². The van der Waals surface area contributed by atoms with Gasteiger partial charge >= 0.3 is 0 Å². The predicted molar refractivity (Wildman–Crippen MR) is 126 cm³/mol. The summed E-state index contributed by atoms with van der Waals surface area (Å²) in [4.78, 5) is 27.4. The number of benzene rings is 2. The Balaban J connectivity index is 1.15. The number of halogens is 2. The minimum atomic E-state index is -0.306. The van der Waals surface area contributed by atoms with E-state index in [4.69, 9.17) is 16.3 Å². The van der Waals surface area contributed by atoms with Crippen molar-refractivity contribution in [1.82, 2.24) is 25.2 Å². The van der Waals surface area contributed by atoms with E-state index in [9.17, 15) is 14.0 Å². The van der Waals surface area contributed by atoms with Gasteiger partial charge in [0.15, 0.2) is 5.69 Å². The highest BCUT2D eigenvalue weighted by atomic mass is 35.5. The van der Waals surface area contributed by atoms with Gasteiger partial charge in [-0.25, -0.2) is 9.07 Å². The van der Waals surface area contributed by atoms with Crippen molar-refractivity contribution in [3.05, 3.63) is 81.9 Å². The molecule has 0 spiro atoms. The second-order valence-corrected chi connectivity index (χ2v) is 9.27. The van der Waals surface area contributed by atoms with Gasteiger partial charge in [0.25, 0.3) is 5.91 Å². The van der Waals surface area contributed by atoms with Gasteiger partial charge in [-0.2, -0.15) is 0 Å². The van der Waals surface area contributed by atoms with Crippen LogP contribution >= 0.6 is 11.6 Å². The molecule has 0 saturated carbocycles. The lowest BCUT2D eigenvalue weighted by Gasteiger charge is -2.31. The third-order valence-corrected chi connectivity index (χ3v) is 6.83. The molecule has 1 atom stereocenters. The van der Waals surface area contributed by atoms with Crippen LogP contribution in [-0.2, 0) is 29.2 Å². The average molecular weight is 498 g/mol. The summed E-state index contributed by atoms with van der Waals surface area (Å²) in [5.41, 5.74) is 2.80. The molecule has 182 valence electrons. The first-order valence-corrected chi connectivity index (χ1v) is 12.0. The van der Waals surface area contributed by atoms with Crippen LogP contribution < -0.4 is 5.32 Å². The molecule has 5 rings (SSSR count). The van der Waals surface area contributed by atoms with E-state index < -0.39 is 0 Å². The first-order chi connectivity index (χ1) is 17.0. The van der Waals surface area contributed by atoms with E-state index in [1.54, 1.807) is 21.7 Å². The lowest BCUT2D eigenvalue weighted by atomic mass is 9.95. The number of rotatable bonds is 5. The van der Waals surface area contributed by atoms with Crippen molar-refractivity contribution in [2.45, 2.75) is 38.6 Å². The van der Waals surface area contributed by atoms with Gasteiger partial charge in [0.1, 0.15) is 11.9 Å². The number of carbonyl (C=O) groups excluding carboxylic acids is 2. The first-order valence-electron chi connectivity index (χ1n) is 11.6. The fourth-order valence-corrected chi connectivity index (χ4v) is 4.61. The number of nitrogens with zero attached hydrogens (tertiary/aromatic N) is 4. The van der Waals surface area contributed by atoms with Crippen molar-refractivity contribution >= 4 is 23.4 Å². The largest absolute Gasteiger partial charge is 0.365 e. The van der Waals surface area contributed by atoms with Crippen LogP contribution in [0.3, 0.4) is 0 Å². The summed E-state index contributed by atoms with van der Waals surface area (Å²) in [6.07, 6.45) is 0.952. The third kappa shape index (κ3) is 5.21. The zero-order valence-electron chi connectivity index (χ0n) is 19.0. The number of fused-ring (bicyclic) bond motifs is 1. The number of ether oxygens (including phenoxy) is 1. The fourth-order valence-electron chi connectivity index (χ4n) is 4.49. The first kappa shape index (κ1) is 23.4. The molecule has 2 aliphatic rings. The van der Waals surface area contributed by atoms with Gasteiger partial charge in [-0.3, -0.25) is 9.59 Å². The van der Waals surface area contributed by atoms with Gasteiger partial charge in [-0.1, -0.05) is 41.1 Å². The summed E-state index contributed by atoms with van der Waals surface area (Å²) < 4.78 is 20.8. The van der Waals surface area contributed by atoms with Crippen molar-refractivity contribution in [3.8, 4) is 0 Å². The normalized spacial score (nSPS) is 18.2. The molecule has 3 aromatic rings. The number of nitrogens with one attached hydrogen (secondary N) is 1. The van der Waals surface area contributed by atoms with Gasteiger partial charge in [-0.05, 0) is 48.2 Å². The van der Waals surface area contributed by atoms with Crippen molar-refractivity contribution < 1.29 is 18.7 Å². The van der Waals surface area contributed by atoms with Crippen LogP contribution in [0.15, 0.2) is 48.5 Å². The second kappa shape index (κ2) is 10.1. The highest BCUT2D eigenvalue weighted by molar-refractivity contribution is 6.30. The third-order valence-electron chi connectivity index (χ3n) is 6.57. The molecule has 2 amide bonds. The smallest absolute Gasteiger partial charge is 0.276 e. The Hall–Kier alpha value is -3.30. The molecular formula is C25H25ClFN5O3. The van der Waals surface area contributed by atoms with Crippen LogP contribution in [0.5, 0.6) is 0 Å². The van der Waals surface area contributed by atoms with Crippen molar-refractivity contribution in [3.63, 3.8) is 0 Å². The Morgan fingerprint density at radius 1 is 1.09 bits per heavy atom. The minimum absolute atomic E-state index is 0.0518. The molecule has 2 aliphatic heterocycles. The van der Waals surface area contributed by atoms with E-state index in [0.29, 0.717) is 55.4 Å². The Labute approximate surface area is 207 Å². The van der Waals surface area contributed by atoms with Gasteiger partial charge in [0.05, 0.1) is 18.8 Å². The number of piperidine rings is 1. The molecule has 10 heteroatoms. The maximum atomic E-state index is 13.1. The van der Waals surface area contributed by atoms with E-state index in [1.807, 2.05) is 24.3 Å². The van der Waals surface area contributed by atoms with Crippen LogP contribution in [0, 0.1) is 11.7 Å². The Morgan fingerprint density at radius 3 is 2.51 bits per heavy atom. The van der Waals surface area contributed by atoms with E-state index in [2.05, 4.69) is 15.6 Å². The molecule has 0 radical (unpaired) electrons. The lowest BCUT2D eigenvalue weighted by Crippen LogP contribution is -2.43. The van der Waals surface area contributed by atoms with Crippen molar-refractivity contribution in [2.24, 2.45) is 5.92 Å². The van der Waals surface area contributed by atoms with Crippen molar-refractivity contribution in [1.29, 1.82) is 0 Å². The maximum absolute atomic E-state index is 13.1. The molecule has 1 aromatic heterocycles. The summed E-state index contributed by atoms with van der Waals surface area (Å²) in [7, 11) is 0. The minimum Gasteiger partial charge on any atom is -0.365 e. The van der Waals surface area contributed by atoms with E-state index in [1.165, 1.54) is 12.1 Å². The number of hydrogen-bond acceptors (Lipinski definition) is 5. The monoisotopic (exact) mass is 497 g/mol. The van der Waals surface area contributed by atoms with Crippen LogP contribution in [-0.4, -0.2) is 44.8 Å². The SMILES string of the molecule is O=C(NCc1ccc(F)cc1)C1CCN(C(=O)c2nnn3c2COC(c2ccc(Cl)cc2)C3)CC1. The zero-order chi connectivity index (χ0) is 24.4. The number of aromatic nitrogens is 3. The Bertz CT molecular complexity index is 1210. The molecule has 1 N–H and O–H groups in total. The molecular weight excluding hydrogens is 473 g/mol.